The third-order valence-electron chi connectivity index (χ3n) is 5.74. The molecule has 0 N–H and O–H groups in total. The zero-order valence-electron chi connectivity index (χ0n) is 18.8. The fourth-order valence-electron chi connectivity index (χ4n) is 3.40. The van der Waals surface area contributed by atoms with Gasteiger partial charge in [0.1, 0.15) is 17.5 Å². The molecule has 0 aromatic heterocycles. The number of rotatable bonds is 3. The summed E-state index contributed by atoms with van der Waals surface area (Å²) in [6.45, 7) is 15.1. The molecule has 0 bridgehead atoms. The number of ether oxygens (including phenoxy) is 2. The maximum atomic E-state index is 12.3. The molecular formula is C22H34BNO5. The van der Waals surface area contributed by atoms with Gasteiger partial charge in [-0.15, -0.1) is 0 Å². The van der Waals surface area contributed by atoms with Crippen molar-refractivity contribution >= 4 is 18.7 Å². The first-order chi connectivity index (χ1) is 13.4. The predicted octanol–water partition coefficient (Wildman–Crippen LogP) is 3.76. The van der Waals surface area contributed by atoms with Crippen molar-refractivity contribution in [3.05, 3.63) is 24.3 Å². The summed E-state index contributed by atoms with van der Waals surface area (Å²) in [5, 5.41) is 0. The van der Waals surface area contributed by atoms with Gasteiger partial charge >= 0.3 is 13.2 Å². The van der Waals surface area contributed by atoms with E-state index in [2.05, 4.69) is 0 Å². The highest BCUT2D eigenvalue weighted by atomic mass is 16.7. The molecule has 7 heteroatoms. The minimum atomic E-state index is -0.492. The van der Waals surface area contributed by atoms with E-state index in [-0.39, 0.29) is 30.5 Å². The van der Waals surface area contributed by atoms with Crippen molar-refractivity contribution < 1.29 is 23.6 Å². The molecule has 1 aromatic carbocycles. The topological polar surface area (TPSA) is 57.2 Å². The third kappa shape index (κ3) is 5.26. The predicted molar refractivity (Wildman–Crippen MR) is 114 cm³/mol. The van der Waals surface area contributed by atoms with E-state index in [9.17, 15) is 4.79 Å². The molecule has 2 aliphatic rings. The van der Waals surface area contributed by atoms with Gasteiger partial charge in [0.15, 0.2) is 0 Å². The Morgan fingerprint density at radius 2 is 1.69 bits per heavy atom. The Balaban J connectivity index is 1.58. The van der Waals surface area contributed by atoms with E-state index in [1.807, 2.05) is 72.7 Å². The van der Waals surface area contributed by atoms with E-state index < -0.39 is 5.60 Å². The van der Waals surface area contributed by atoms with Crippen molar-refractivity contribution in [3.63, 3.8) is 0 Å². The smallest absolute Gasteiger partial charge is 0.489 e. The van der Waals surface area contributed by atoms with Crippen LogP contribution in [-0.4, -0.2) is 54.1 Å². The summed E-state index contributed by atoms with van der Waals surface area (Å²) in [5.74, 6) is 0.779. The van der Waals surface area contributed by atoms with Gasteiger partial charge in [-0.2, -0.15) is 0 Å². The summed E-state index contributed by atoms with van der Waals surface area (Å²) in [6, 6.07) is 7.83. The standard InChI is InChI=1S/C22H34BNO5/c1-20(2,3)27-19(25)24-14-8-9-18(15-24)26-17-12-10-16(11-13-17)23-28-21(4,5)22(6,7)29-23/h10-13,18H,8-9,14-15H2,1-7H3/t18-/m1/s1. The highest BCUT2D eigenvalue weighted by Crippen LogP contribution is 2.36. The molecule has 2 fully saturated rings. The second-order valence-corrected chi connectivity index (χ2v) is 9.97. The molecule has 0 aliphatic carbocycles. The van der Waals surface area contributed by atoms with Crippen molar-refractivity contribution in [1.82, 2.24) is 4.90 Å². The van der Waals surface area contributed by atoms with Crippen LogP contribution in [0.1, 0.15) is 61.3 Å². The van der Waals surface area contributed by atoms with Gasteiger partial charge in [0.25, 0.3) is 0 Å². The van der Waals surface area contributed by atoms with Crippen LogP contribution in [0.15, 0.2) is 24.3 Å². The monoisotopic (exact) mass is 403 g/mol. The number of nitrogens with zero attached hydrogens (tertiary/aromatic N) is 1. The zero-order valence-corrected chi connectivity index (χ0v) is 18.8. The molecule has 1 amide bonds. The van der Waals surface area contributed by atoms with Crippen LogP contribution in [0.2, 0.25) is 0 Å². The fraction of sp³-hybridized carbons (Fsp3) is 0.682. The molecule has 160 valence electrons. The van der Waals surface area contributed by atoms with Crippen LogP contribution >= 0.6 is 0 Å². The molecule has 2 heterocycles. The number of likely N-dealkylation sites (tertiary alicyclic amines) is 1. The van der Waals surface area contributed by atoms with E-state index in [1.54, 1.807) is 4.90 Å². The van der Waals surface area contributed by atoms with Crippen LogP contribution in [0.5, 0.6) is 5.75 Å². The van der Waals surface area contributed by atoms with Crippen molar-refractivity contribution in [1.29, 1.82) is 0 Å². The van der Waals surface area contributed by atoms with Crippen LogP contribution < -0.4 is 10.2 Å². The lowest BCUT2D eigenvalue weighted by Gasteiger charge is -2.34. The Labute approximate surface area is 175 Å². The Morgan fingerprint density at radius 3 is 2.24 bits per heavy atom. The average Bonchev–Trinajstić information content (AvgIpc) is 2.82. The number of piperidine rings is 1. The van der Waals surface area contributed by atoms with Gasteiger partial charge in [-0.1, -0.05) is 12.1 Å². The molecule has 1 atom stereocenters. The summed E-state index contributed by atoms with van der Waals surface area (Å²) in [5.41, 5.74) is -0.246. The molecule has 0 unspecified atom stereocenters. The molecule has 6 nitrogen and oxygen atoms in total. The summed E-state index contributed by atoms with van der Waals surface area (Å²) < 4.78 is 23.8. The lowest BCUT2D eigenvalue weighted by molar-refractivity contribution is 0.00578. The average molecular weight is 403 g/mol. The minimum absolute atomic E-state index is 0.0426. The van der Waals surface area contributed by atoms with Gasteiger partial charge in [0, 0.05) is 6.54 Å². The van der Waals surface area contributed by atoms with Crippen LogP contribution in [0.4, 0.5) is 4.79 Å². The molecule has 3 rings (SSSR count). The Morgan fingerprint density at radius 1 is 1.10 bits per heavy atom. The van der Waals surface area contributed by atoms with E-state index in [4.69, 9.17) is 18.8 Å². The van der Waals surface area contributed by atoms with E-state index in [0.29, 0.717) is 13.1 Å². The Hall–Kier alpha value is -1.73. The maximum Gasteiger partial charge on any atom is 0.494 e. The van der Waals surface area contributed by atoms with Gasteiger partial charge in [-0.3, -0.25) is 0 Å². The second-order valence-electron chi connectivity index (χ2n) is 9.97. The number of hydrogen-bond acceptors (Lipinski definition) is 5. The van der Waals surface area contributed by atoms with E-state index >= 15 is 0 Å². The summed E-state index contributed by atoms with van der Waals surface area (Å²) in [4.78, 5) is 14.1. The van der Waals surface area contributed by atoms with Crippen molar-refractivity contribution in [3.8, 4) is 5.75 Å². The lowest BCUT2D eigenvalue weighted by atomic mass is 9.79. The van der Waals surface area contributed by atoms with Crippen molar-refractivity contribution in [2.45, 2.75) is 84.2 Å². The zero-order chi connectivity index (χ0) is 21.4. The largest absolute Gasteiger partial charge is 0.494 e. The molecule has 0 saturated carbocycles. The fourth-order valence-corrected chi connectivity index (χ4v) is 3.40. The highest BCUT2D eigenvalue weighted by molar-refractivity contribution is 6.62. The maximum absolute atomic E-state index is 12.3. The minimum Gasteiger partial charge on any atom is -0.489 e. The van der Waals surface area contributed by atoms with Crippen molar-refractivity contribution in [2.75, 3.05) is 13.1 Å². The summed E-state index contributed by atoms with van der Waals surface area (Å²) in [7, 11) is -0.383. The molecular weight excluding hydrogens is 369 g/mol. The van der Waals surface area contributed by atoms with E-state index in [1.165, 1.54) is 0 Å². The van der Waals surface area contributed by atoms with Crippen LogP contribution in [-0.2, 0) is 14.0 Å². The van der Waals surface area contributed by atoms with Gasteiger partial charge < -0.3 is 23.7 Å². The quantitative estimate of drug-likeness (QED) is 0.720. The SMILES string of the molecule is CC(C)(C)OC(=O)N1CCC[C@@H](Oc2ccc(B3OC(C)(C)C(C)(C)O3)cc2)C1. The first kappa shape index (κ1) is 22.0. The number of carbonyl (C=O) groups is 1. The Bertz CT molecular complexity index is 710. The van der Waals surface area contributed by atoms with Gasteiger partial charge in [0.2, 0.25) is 0 Å². The molecule has 29 heavy (non-hydrogen) atoms. The molecule has 0 radical (unpaired) electrons. The number of carbonyl (C=O) groups excluding carboxylic acids is 1. The van der Waals surface area contributed by atoms with E-state index in [0.717, 1.165) is 24.1 Å². The highest BCUT2D eigenvalue weighted by Gasteiger charge is 2.51. The number of benzene rings is 1. The van der Waals surface area contributed by atoms with Gasteiger partial charge in [-0.25, -0.2) is 4.79 Å². The summed E-state index contributed by atoms with van der Waals surface area (Å²) in [6.07, 6.45) is 1.50. The third-order valence-corrected chi connectivity index (χ3v) is 5.74. The first-order valence-electron chi connectivity index (χ1n) is 10.5. The molecule has 1 aromatic rings. The normalized spacial score (nSPS) is 23.8. The van der Waals surface area contributed by atoms with Crippen molar-refractivity contribution in [2.24, 2.45) is 0 Å². The second kappa shape index (κ2) is 7.84. The number of hydrogen-bond donors (Lipinski definition) is 0. The number of amides is 1. The molecule has 2 saturated heterocycles. The Kier molecular flexibility index (Phi) is 5.94. The van der Waals surface area contributed by atoms with Crippen LogP contribution in [0, 0.1) is 0 Å². The van der Waals surface area contributed by atoms with Crippen LogP contribution in [0.3, 0.4) is 0 Å². The molecule has 2 aliphatic heterocycles. The van der Waals surface area contributed by atoms with Gasteiger partial charge in [-0.05, 0) is 78.9 Å². The molecule has 0 spiro atoms. The summed E-state index contributed by atoms with van der Waals surface area (Å²) >= 11 is 0. The van der Waals surface area contributed by atoms with Crippen LogP contribution in [0.25, 0.3) is 0 Å². The first-order valence-corrected chi connectivity index (χ1v) is 10.5. The van der Waals surface area contributed by atoms with Gasteiger partial charge in [0.05, 0.1) is 17.7 Å². The lowest BCUT2D eigenvalue weighted by Crippen LogP contribution is -2.46.